The second-order valence-electron chi connectivity index (χ2n) is 5.02. The van der Waals surface area contributed by atoms with Crippen molar-refractivity contribution in [2.75, 3.05) is 26.9 Å². The lowest BCUT2D eigenvalue weighted by Crippen LogP contribution is -2.39. The fourth-order valence-corrected chi connectivity index (χ4v) is 2.52. The number of carbonyl (C=O) groups is 1. The van der Waals surface area contributed by atoms with E-state index in [1.165, 1.54) is 0 Å². The number of fused-ring (bicyclic) bond motifs is 1. The topological polar surface area (TPSA) is 50.8 Å². The molecular formula is C14H18N2O3. The fraction of sp³-hybridized carbons (Fsp3) is 0.500. The summed E-state index contributed by atoms with van der Waals surface area (Å²) in [5.74, 6) is 1.63. The summed E-state index contributed by atoms with van der Waals surface area (Å²) in [7, 11) is 1.88. The van der Waals surface area contributed by atoms with Gasteiger partial charge in [0.15, 0.2) is 11.5 Å². The quantitative estimate of drug-likeness (QED) is 0.874. The largest absolute Gasteiger partial charge is 0.454 e. The van der Waals surface area contributed by atoms with Crippen LogP contribution in [0.25, 0.3) is 0 Å². The monoisotopic (exact) mass is 262 g/mol. The molecular weight excluding hydrogens is 244 g/mol. The summed E-state index contributed by atoms with van der Waals surface area (Å²) in [4.78, 5) is 14.1. The second kappa shape index (κ2) is 5.09. The van der Waals surface area contributed by atoms with Crippen LogP contribution in [-0.2, 0) is 11.2 Å². The Bertz CT molecular complexity index is 484. The van der Waals surface area contributed by atoms with Gasteiger partial charge in [-0.25, -0.2) is 0 Å². The standard InChI is InChI=1S/C14H18N2O3/c1-16(11-4-5-15-8-11)14(17)7-10-2-3-12-13(6-10)19-9-18-12/h2-3,6,11,15H,4-5,7-9H2,1H3. The number of hydrogen-bond acceptors (Lipinski definition) is 4. The van der Waals surface area contributed by atoms with Crippen LogP contribution in [0, 0.1) is 0 Å². The number of nitrogens with zero attached hydrogens (tertiary/aromatic N) is 1. The van der Waals surface area contributed by atoms with Crippen LogP contribution in [0.2, 0.25) is 0 Å². The van der Waals surface area contributed by atoms with Crippen molar-refractivity contribution in [1.29, 1.82) is 0 Å². The molecule has 1 saturated heterocycles. The van der Waals surface area contributed by atoms with Crippen LogP contribution in [0.1, 0.15) is 12.0 Å². The number of hydrogen-bond donors (Lipinski definition) is 1. The Kier molecular flexibility index (Phi) is 3.29. The van der Waals surface area contributed by atoms with Crippen molar-refractivity contribution in [2.45, 2.75) is 18.9 Å². The predicted octanol–water partition coefficient (Wildman–Crippen LogP) is 0.778. The minimum Gasteiger partial charge on any atom is -0.454 e. The number of benzene rings is 1. The number of rotatable bonds is 3. The third-order valence-corrected chi connectivity index (χ3v) is 3.77. The molecule has 5 nitrogen and oxygen atoms in total. The summed E-state index contributed by atoms with van der Waals surface area (Å²) in [5.41, 5.74) is 0.965. The zero-order valence-corrected chi connectivity index (χ0v) is 11.0. The molecule has 0 radical (unpaired) electrons. The molecule has 0 spiro atoms. The molecule has 0 aromatic heterocycles. The zero-order valence-electron chi connectivity index (χ0n) is 11.0. The molecule has 1 aromatic rings. The third-order valence-electron chi connectivity index (χ3n) is 3.77. The van der Waals surface area contributed by atoms with Crippen molar-refractivity contribution in [2.24, 2.45) is 0 Å². The van der Waals surface area contributed by atoms with E-state index in [-0.39, 0.29) is 12.7 Å². The first kappa shape index (κ1) is 12.3. The van der Waals surface area contributed by atoms with Crippen LogP contribution in [0.15, 0.2) is 18.2 Å². The maximum absolute atomic E-state index is 12.2. The van der Waals surface area contributed by atoms with Gasteiger partial charge < -0.3 is 19.7 Å². The smallest absolute Gasteiger partial charge is 0.231 e. The number of carbonyl (C=O) groups excluding carboxylic acids is 1. The molecule has 2 heterocycles. The van der Waals surface area contributed by atoms with Gasteiger partial charge >= 0.3 is 0 Å². The number of ether oxygens (including phenoxy) is 2. The van der Waals surface area contributed by atoms with E-state index in [2.05, 4.69) is 5.32 Å². The molecule has 1 N–H and O–H groups in total. The highest BCUT2D eigenvalue weighted by molar-refractivity contribution is 5.79. The van der Waals surface area contributed by atoms with Gasteiger partial charge in [0.05, 0.1) is 6.42 Å². The van der Waals surface area contributed by atoms with Gasteiger partial charge in [0.25, 0.3) is 0 Å². The first-order valence-corrected chi connectivity index (χ1v) is 6.59. The molecule has 0 saturated carbocycles. The summed E-state index contributed by atoms with van der Waals surface area (Å²) >= 11 is 0. The van der Waals surface area contributed by atoms with Crippen LogP contribution in [0.3, 0.4) is 0 Å². The SMILES string of the molecule is CN(C(=O)Cc1ccc2c(c1)OCO2)C1CCNC1. The van der Waals surface area contributed by atoms with Crippen molar-refractivity contribution < 1.29 is 14.3 Å². The van der Waals surface area contributed by atoms with Gasteiger partial charge in [-0.05, 0) is 30.7 Å². The van der Waals surface area contributed by atoms with Crippen LogP contribution in [0.4, 0.5) is 0 Å². The van der Waals surface area contributed by atoms with E-state index in [0.29, 0.717) is 12.5 Å². The Morgan fingerprint density at radius 1 is 1.42 bits per heavy atom. The van der Waals surface area contributed by atoms with Gasteiger partial charge in [-0.1, -0.05) is 6.07 Å². The van der Waals surface area contributed by atoms with Crippen molar-refractivity contribution in [3.05, 3.63) is 23.8 Å². The van der Waals surface area contributed by atoms with E-state index < -0.39 is 0 Å². The number of amides is 1. The molecule has 1 atom stereocenters. The molecule has 0 aliphatic carbocycles. The lowest BCUT2D eigenvalue weighted by molar-refractivity contribution is -0.130. The van der Waals surface area contributed by atoms with Crippen molar-refractivity contribution in [3.63, 3.8) is 0 Å². The Hall–Kier alpha value is -1.75. The first-order valence-electron chi connectivity index (χ1n) is 6.59. The summed E-state index contributed by atoms with van der Waals surface area (Å²) in [6.07, 6.45) is 1.44. The summed E-state index contributed by atoms with van der Waals surface area (Å²) < 4.78 is 10.6. The average molecular weight is 262 g/mol. The second-order valence-corrected chi connectivity index (χ2v) is 5.02. The van der Waals surface area contributed by atoms with Crippen molar-refractivity contribution >= 4 is 5.91 Å². The van der Waals surface area contributed by atoms with Gasteiger partial charge in [0.2, 0.25) is 12.7 Å². The van der Waals surface area contributed by atoms with Crippen LogP contribution < -0.4 is 14.8 Å². The molecule has 1 fully saturated rings. The Morgan fingerprint density at radius 2 is 2.26 bits per heavy atom. The maximum atomic E-state index is 12.2. The Labute approximate surface area is 112 Å². The van der Waals surface area contributed by atoms with Crippen molar-refractivity contribution in [1.82, 2.24) is 10.2 Å². The van der Waals surface area contributed by atoms with Crippen LogP contribution in [-0.4, -0.2) is 43.8 Å². The minimum absolute atomic E-state index is 0.146. The molecule has 2 aliphatic rings. The van der Waals surface area contributed by atoms with E-state index in [1.54, 1.807) is 0 Å². The highest BCUT2D eigenvalue weighted by atomic mass is 16.7. The fourth-order valence-electron chi connectivity index (χ4n) is 2.52. The van der Waals surface area contributed by atoms with E-state index >= 15 is 0 Å². The van der Waals surface area contributed by atoms with E-state index in [1.807, 2.05) is 30.1 Å². The molecule has 0 bridgehead atoms. The molecule has 2 aliphatic heterocycles. The van der Waals surface area contributed by atoms with Gasteiger partial charge in [-0.3, -0.25) is 4.79 Å². The van der Waals surface area contributed by atoms with Crippen LogP contribution in [0.5, 0.6) is 11.5 Å². The lowest BCUT2D eigenvalue weighted by atomic mass is 10.1. The van der Waals surface area contributed by atoms with Gasteiger partial charge in [-0.15, -0.1) is 0 Å². The molecule has 3 rings (SSSR count). The van der Waals surface area contributed by atoms with E-state index in [0.717, 1.165) is 36.6 Å². The van der Waals surface area contributed by atoms with Gasteiger partial charge in [0.1, 0.15) is 0 Å². The molecule has 19 heavy (non-hydrogen) atoms. The van der Waals surface area contributed by atoms with Gasteiger partial charge in [-0.2, -0.15) is 0 Å². The summed E-state index contributed by atoms with van der Waals surface area (Å²) in [5, 5.41) is 3.28. The maximum Gasteiger partial charge on any atom is 0.231 e. The number of nitrogens with one attached hydrogen (secondary N) is 1. The summed E-state index contributed by atoms with van der Waals surface area (Å²) in [6.45, 7) is 2.15. The van der Waals surface area contributed by atoms with Crippen LogP contribution >= 0.6 is 0 Å². The average Bonchev–Trinajstić information content (AvgIpc) is 3.08. The molecule has 102 valence electrons. The third kappa shape index (κ3) is 2.51. The zero-order chi connectivity index (χ0) is 13.2. The highest BCUT2D eigenvalue weighted by Crippen LogP contribution is 2.32. The first-order chi connectivity index (χ1) is 9.24. The Balaban J connectivity index is 1.65. The normalized spacial score (nSPS) is 20.6. The number of likely N-dealkylation sites (N-methyl/N-ethyl adjacent to an activating group) is 1. The predicted molar refractivity (Wildman–Crippen MR) is 70.3 cm³/mol. The molecule has 5 heteroatoms. The summed E-state index contributed by atoms with van der Waals surface area (Å²) in [6, 6.07) is 6.00. The Morgan fingerprint density at radius 3 is 3.05 bits per heavy atom. The minimum atomic E-state index is 0.146. The molecule has 1 aromatic carbocycles. The molecule has 1 unspecified atom stereocenters. The van der Waals surface area contributed by atoms with E-state index in [9.17, 15) is 4.79 Å². The molecule has 1 amide bonds. The van der Waals surface area contributed by atoms with Crippen molar-refractivity contribution in [3.8, 4) is 11.5 Å². The highest BCUT2D eigenvalue weighted by Gasteiger charge is 2.23. The lowest BCUT2D eigenvalue weighted by Gasteiger charge is -2.23. The van der Waals surface area contributed by atoms with Gasteiger partial charge in [0, 0.05) is 19.6 Å². The van der Waals surface area contributed by atoms with E-state index in [4.69, 9.17) is 9.47 Å².